The Bertz CT molecular complexity index is 781. The molecule has 2 aliphatic heterocycles. The van der Waals surface area contributed by atoms with Crippen LogP contribution in [0.3, 0.4) is 0 Å². The van der Waals surface area contributed by atoms with Gasteiger partial charge in [-0.3, -0.25) is 4.90 Å². The van der Waals surface area contributed by atoms with Crippen LogP contribution >= 0.6 is 0 Å². The smallest absolute Gasteiger partial charge is 0.224 e. The summed E-state index contributed by atoms with van der Waals surface area (Å²) in [5.41, 5.74) is 2.20. The van der Waals surface area contributed by atoms with Crippen molar-refractivity contribution in [3.8, 4) is 5.88 Å². The van der Waals surface area contributed by atoms with E-state index in [0.29, 0.717) is 6.10 Å². The van der Waals surface area contributed by atoms with Crippen LogP contribution < -0.4 is 9.64 Å². The van der Waals surface area contributed by atoms with Crippen molar-refractivity contribution in [2.45, 2.75) is 31.8 Å². The normalized spacial score (nSPS) is 23.9. The second-order valence-electron chi connectivity index (χ2n) is 8.06. The quantitative estimate of drug-likeness (QED) is 0.781. The number of benzene rings is 1. The van der Waals surface area contributed by atoms with Crippen molar-refractivity contribution in [1.29, 1.82) is 0 Å². The minimum absolute atomic E-state index is 0.445. The zero-order chi connectivity index (χ0) is 18.1. The first-order chi connectivity index (χ1) is 13.3. The van der Waals surface area contributed by atoms with E-state index in [-0.39, 0.29) is 0 Å². The average Bonchev–Trinajstić information content (AvgIpc) is 3.41. The molecule has 6 nitrogen and oxygen atoms in total. The number of ether oxygens (including phenoxy) is 2. The van der Waals surface area contributed by atoms with E-state index >= 15 is 0 Å². The van der Waals surface area contributed by atoms with Crippen LogP contribution in [0.15, 0.2) is 24.5 Å². The highest BCUT2D eigenvalue weighted by atomic mass is 16.5. The number of fused-ring (bicyclic) bond motifs is 1. The van der Waals surface area contributed by atoms with Gasteiger partial charge in [0.05, 0.1) is 23.6 Å². The van der Waals surface area contributed by atoms with Crippen LogP contribution in [-0.2, 0) is 4.74 Å². The Morgan fingerprint density at radius 2 is 1.96 bits per heavy atom. The summed E-state index contributed by atoms with van der Waals surface area (Å²) in [6, 6.07) is 6.47. The van der Waals surface area contributed by atoms with Crippen molar-refractivity contribution in [1.82, 2.24) is 14.9 Å². The summed E-state index contributed by atoms with van der Waals surface area (Å²) in [4.78, 5) is 13.8. The van der Waals surface area contributed by atoms with E-state index in [1.165, 1.54) is 31.4 Å². The molecule has 144 valence electrons. The van der Waals surface area contributed by atoms with Gasteiger partial charge in [0, 0.05) is 45.0 Å². The summed E-state index contributed by atoms with van der Waals surface area (Å²) in [6.45, 7) is 7.07. The van der Waals surface area contributed by atoms with Gasteiger partial charge < -0.3 is 14.4 Å². The molecule has 1 atom stereocenters. The summed E-state index contributed by atoms with van der Waals surface area (Å²) in [6.07, 6.45) is 7.05. The molecule has 1 saturated carbocycles. The molecule has 6 heteroatoms. The molecule has 0 radical (unpaired) electrons. The molecule has 5 rings (SSSR count). The minimum Gasteiger partial charge on any atom is -0.477 e. The van der Waals surface area contributed by atoms with Crippen molar-refractivity contribution in [3.05, 3.63) is 24.5 Å². The first-order valence-electron chi connectivity index (χ1n) is 10.3. The molecule has 0 spiro atoms. The van der Waals surface area contributed by atoms with Gasteiger partial charge in [-0.2, -0.15) is 0 Å². The fourth-order valence-corrected chi connectivity index (χ4v) is 4.08. The van der Waals surface area contributed by atoms with Gasteiger partial charge in [0.15, 0.2) is 0 Å². The topological polar surface area (TPSA) is 50.7 Å². The van der Waals surface area contributed by atoms with E-state index in [1.807, 2.05) is 0 Å². The maximum absolute atomic E-state index is 5.99. The molecule has 1 aromatic carbocycles. The lowest BCUT2D eigenvalue weighted by Gasteiger charge is -2.37. The number of hydrogen-bond acceptors (Lipinski definition) is 6. The van der Waals surface area contributed by atoms with Gasteiger partial charge in [-0.25, -0.2) is 9.97 Å². The molecule has 0 bridgehead atoms. The molecule has 1 unspecified atom stereocenters. The first-order valence-corrected chi connectivity index (χ1v) is 10.3. The second-order valence-corrected chi connectivity index (χ2v) is 8.06. The molecule has 1 aromatic heterocycles. The molecule has 2 saturated heterocycles. The first kappa shape index (κ1) is 17.2. The van der Waals surface area contributed by atoms with Crippen LogP contribution in [0, 0.1) is 5.92 Å². The number of piperazine rings is 1. The molecule has 3 heterocycles. The standard InChI is InChI=1S/C21H28N4O2/c1-2-18(26-11-1)13-24-7-9-25(10-8-24)17-5-6-20-19(12-17)21(23-15-22-20)27-14-16-3-4-16/h5-6,12,15-16,18H,1-4,7-11,13-14H2. The maximum atomic E-state index is 5.99. The van der Waals surface area contributed by atoms with Gasteiger partial charge in [0.2, 0.25) is 5.88 Å². The molecular weight excluding hydrogens is 340 g/mol. The SMILES string of the molecule is c1nc(OCC2CC2)c2cc(N3CCN(CC4CCCO4)CC3)ccc2n1. The molecule has 3 fully saturated rings. The van der Waals surface area contributed by atoms with E-state index in [4.69, 9.17) is 9.47 Å². The fraction of sp³-hybridized carbons (Fsp3) is 0.619. The van der Waals surface area contributed by atoms with Crippen LogP contribution in [0.5, 0.6) is 5.88 Å². The molecule has 2 aromatic rings. The van der Waals surface area contributed by atoms with Gasteiger partial charge in [-0.15, -0.1) is 0 Å². The third-order valence-electron chi connectivity index (χ3n) is 5.96. The highest BCUT2D eigenvalue weighted by molar-refractivity contribution is 5.86. The lowest BCUT2D eigenvalue weighted by Crippen LogP contribution is -2.48. The third kappa shape index (κ3) is 4.01. The minimum atomic E-state index is 0.445. The van der Waals surface area contributed by atoms with Crippen molar-refractivity contribution in [2.75, 3.05) is 50.8 Å². The predicted molar refractivity (Wildman–Crippen MR) is 105 cm³/mol. The van der Waals surface area contributed by atoms with Gasteiger partial charge >= 0.3 is 0 Å². The van der Waals surface area contributed by atoms with Gasteiger partial charge in [0.25, 0.3) is 0 Å². The Hall–Kier alpha value is -1.92. The number of aromatic nitrogens is 2. The maximum Gasteiger partial charge on any atom is 0.224 e. The fourth-order valence-electron chi connectivity index (χ4n) is 4.08. The molecule has 1 aliphatic carbocycles. The third-order valence-corrected chi connectivity index (χ3v) is 5.96. The Balaban J connectivity index is 1.26. The monoisotopic (exact) mass is 368 g/mol. The van der Waals surface area contributed by atoms with Crippen LogP contribution in [-0.4, -0.2) is 66.9 Å². The van der Waals surface area contributed by atoms with Crippen molar-refractivity contribution >= 4 is 16.6 Å². The summed E-state index contributed by atoms with van der Waals surface area (Å²) < 4.78 is 11.8. The predicted octanol–water partition coefficient (Wildman–Crippen LogP) is 2.72. The molecule has 3 aliphatic rings. The lowest BCUT2D eigenvalue weighted by molar-refractivity contribution is 0.0713. The molecular formula is C21H28N4O2. The van der Waals surface area contributed by atoms with E-state index in [9.17, 15) is 0 Å². The summed E-state index contributed by atoms with van der Waals surface area (Å²) >= 11 is 0. The highest BCUT2D eigenvalue weighted by Gasteiger charge is 2.24. The molecule has 0 N–H and O–H groups in total. The van der Waals surface area contributed by atoms with Crippen molar-refractivity contribution in [3.63, 3.8) is 0 Å². The van der Waals surface area contributed by atoms with E-state index in [2.05, 4.69) is 38.0 Å². The van der Waals surface area contributed by atoms with Crippen LogP contribution in [0.2, 0.25) is 0 Å². The summed E-state index contributed by atoms with van der Waals surface area (Å²) in [7, 11) is 0. The number of nitrogens with zero attached hydrogens (tertiary/aromatic N) is 4. The van der Waals surface area contributed by atoms with E-state index < -0.39 is 0 Å². The zero-order valence-corrected chi connectivity index (χ0v) is 15.8. The van der Waals surface area contributed by atoms with Crippen molar-refractivity contribution in [2.24, 2.45) is 5.92 Å². The van der Waals surface area contributed by atoms with E-state index in [1.54, 1.807) is 6.33 Å². The van der Waals surface area contributed by atoms with Crippen LogP contribution in [0.4, 0.5) is 5.69 Å². The van der Waals surface area contributed by atoms with Gasteiger partial charge in [0.1, 0.15) is 6.33 Å². The second kappa shape index (κ2) is 7.60. The van der Waals surface area contributed by atoms with E-state index in [0.717, 1.165) is 68.6 Å². The average molecular weight is 368 g/mol. The summed E-state index contributed by atoms with van der Waals surface area (Å²) in [5.74, 6) is 1.45. The number of rotatable bonds is 6. The van der Waals surface area contributed by atoms with Gasteiger partial charge in [-0.05, 0) is 49.8 Å². The van der Waals surface area contributed by atoms with Gasteiger partial charge in [-0.1, -0.05) is 0 Å². The number of hydrogen-bond donors (Lipinski definition) is 0. The zero-order valence-electron chi connectivity index (χ0n) is 15.8. The molecule has 0 amide bonds. The lowest BCUT2D eigenvalue weighted by atomic mass is 10.1. The van der Waals surface area contributed by atoms with Crippen LogP contribution in [0.1, 0.15) is 25.7 Å². The highest BCUT2D eigenvalue weighted by Crippen LogP contribution is 2.32. The Labute approximate surface area is 160 Å². The van der Waals surface area contributed by atoms with Crippen molar-refractivity contribution < 1.29 is 9.47 Å². The number of anilines is 1. The van der Waals surface area contributed by atoms with Crippen LogP contribution in [0.25, 0.3) is 10.9 Å². The largest absolute Gasteiger partial charge is 0.477 e. The Kier molecular flexibility index (Phi) is 4.84. The molecule has 27 heavy (non-hydrogen) atoms. The summed E-state index contributed by atoms with van der Waals surface area (Å²) in [5, 5.41) is 1.03. The Morgan fingerprint density at radius 1 is 1.07 bits per heavy atom. The Morgan fingerprint density at radius 3 is 2.74 bits per heavy atom.